The van der Waals surface area contributed by atoms with Gasteiger partial charge < -0.3 is 10.2 Å². The lowest BCUT2D eigenvalue weighted by Crippen LogP contribution is -2.21. The SMILES string of the molecule is CC[C@H](C)C(C(=O)O)c1c(C)n(C(=O)c2cccc(F)c2)c2cc(F)c(O)c(F)c12. The lowest BCUT2D eigenvalue weighted by molar-refractivity contribution is -0.140. The van der Waals surface area contributed by atoms with Crippen LogP contribution in [0.3, 0.4) is 0 Å². The number of halogens is 3. The van der Waals surface area contributed by atoms with E-state index in [0.717, 1.165) is 22.8 Å². The van der Waals surface area contributed by atoms with Crippen LogP contribution in [-0.2, 0) is 4.79 Å². The van der Waals surface area contributed by atoms with Crippen molar-refractivity contribution in [2.75, 3.05) is 0 Å². The summed E-state index contributed by atoms with van der Waals surface area (Å²) >= 11 is 0. The summed E-state index contributed by atoms with van der Waals surface area (Å²) in [6.45, 7) is 4.84. The van der Waals surface area contributed by atoms with E-state index in [1.54, 1.807) is 13.8 Å². The first-order valence-corrected chi connectivity index (χ1v) is 9.35. The first-order chi connectivity index (χ1) is 14.1. The van der Waals surface area contributed by atoms with Gasteiger partial charge in [0.2, 0.25) is 0 Å². The maximum absolute atomic E-state index is 15.0. The van der Waals surface area contributed by atoms with Crippen LogP contribution in [0.4, 0.5) is 13.2 Å². The van der Waals surface area contributed by atoms with Crippen LogP contribution in [0.1, 0.15) is 47.8 Å². The van der Waals surface area contributed by atoms with Crippen molar-refractivity contribution in [1.29, 1.82) is 0 Å². The molecule has 0 aliphatic carbocycles. The molecule has 3 rings (SSSR count). The highest BCUT2D eigenvalue weighted by molar-refractivity contribution is 6.05. The molecule has 2 aromatic carbocycles. The number of aliphatic carboxylic acids is 1. The number of fused-ring (bicyclic) bond motifs is 1. The molecule has 0 fully saturated rings. The Morgan fingerprint density at radius 2 is 1.83 bits per heavy atom. The molecule has 30 heavy (non-hydrogen) atoms. The second-order valence-electron chi connectivity index (χ2n) is 7.27. The van der Waals surface area contributed by atoms with Crippen LogP contribution < -0.4 is 0 Å². The summed E-state index contributed by atoms with van der Waals surface area (Å²) < 4.78 is 43.7. The Labute approximate surface area is 170 Å². The quantitative estimate of drug-likeness (QED) is 0.612. The molecule has 8 heteroatoms. The third-order valence-corrected chi connectivity index (χ3v) is 5.47. The highest BCUT2D eigenvalue weighted by atomic mass is 19.1. The van der Waals surface area contributed by atoms with Crippen LogP contribution in [0.2, 0.25) is 0 Å². The monoisotopic (exact) mass is 419 g/mol. The van der Waals surface area contributed by atoms with Gasteiger partial charge in [-0.25, -0.2) is 13.2 Å². The summed E-state index contributed by atoms with van der Waals surface area (Å²) in [5.41, 5.74) is -0.259. The van der Waals surface area contributed by atoms with Gasteiger partial charge in [0.25, 0.3) is 5.91 Å². The minimum Gasteiger partial charge on any atom is -0.503 e. The smallest absolute Gasteiger partial charge is 0.311 e. The molecule has 0 saturated heterocycles. The average Bonchev–Trinajstić information content (AvgIpc) is 2.97. The number of nitrogens with zero attached hydrogens (tertiary/aromatic N) is 1. The molecule has 1 unspecified atom stereocenters. The van der Waals surface area contributed by atoms with E-state index in [0.29, 0.717) is 6.42 Å². The Morgan fingerprint density at radius 1 is 1.17 bits per heavy atom. The second kappa shape index (κ2) is 7.85. The van der Waals surface area contributed by atoms with Gasteiger partial charge in [0, 0.05) is 22.7 Å². The maximum Gasteiger partial charge on any atom is 0.311 e. The van der Waals surface area contributed by atoms with Gasteiger partial charge in [-0.3, -0.25) is 14.2 Å². The number of carboxylic acids is 1. The molecule has 0 amide bonds. The van der Waals surface area contributed by atoms with E-state index in [-0.39, 0.29) is 27.7 Å². The number of carbonyl (C=O) groups excluding carboxylic acids is 1. The second-order valence-corrected chi connectivity index (χ2v) is 7.27. The summed E-state index contributed by atoms with van der Waals surface area (Å²) in [6, 6.07) is 5.55. The molecule has 2 atom stereocenters. The van der Waals surface area contributed by atoms with Crippen molar-refractivity contribution in [1.82, 2.24) is 4.57 Å². The lowest BCUT2D eigenvalue weighted by atomic mass is 9.84. The molecule has 0 saturated carbocycles. The fourth-order valence-corrected chi connectivity index (χ4v) is 3.79. The third kappa shape index (κ3) is 3.32. The number of benzene rings is 2. The predicted molar refractivity (Wildman–Crippen MR) is 104 cm³/mol. The van der Waals surface area contributed by atoms with Gasteiger partial charge in [-0.1, -0.05) is 26.3 Å². The molecular formula is C22H20F3NO4. The van der Waals surface area contributed by atoms with Crippen molar-refractivity contribution in [2.45, 2.75) is 33.1 Å². The molecule has 1 aromatic heterocycles. The van der Waals surface area contributed by atoms with E-state index in [9.17, 15) is 33.0 Å². The zero-order valence-electron chi connectivity index (χ0n) is 16.5. The molecule has 3 aromatic rings. The molecule has 0 aliphatic rings. The Bertz CT molecular complexity index is 1170. The van der Waals surface area contributed by atoms with E-state index in [2.05, 4.69) is 0 Å². The lowest BCUT2D eigenvalue weighted by Gasteiger charge is -2.20. The summed E-state index contributed by atoms with van der Waals surface area (Å²) in [6.07, 6.45) is 0.440. The van der Waals surface area contributed by atoms with Crippen LogP contribution >= 0.6 is 0 Å². The molecule has 0 spiro atoms. The summed E-state index contributed by atoms with van der Waals surface area (Å²) in [5.74, 6) is -8.25. The predicted octanol–water partition coefficient (Wildman–Crippen LogP) is 4.98. The number of carboxylic acid groups (broad SMARTS) is 1. The number of aromatic nitrogens is 1. The van der Waals surface area contributed by atoms with Gasteiger partial charge in [0.1, 0.15) is 5.82 Å². The molecule has 0 radical (unpaired) electrons. The number of phenolic OH excluding ortho intramolecular Hbond substituents is 1. The highest BCUT2D eigenvalue weighted by Gasteiger charge is 2.35. The Hall–Kier alpha value is -3.29. The standard InChI is InChI=1S/C22H20F3NO4/c1-4-10(2)16(22(29)30)17-11(3)26(21(28)12-6-5-7-13(23)8-12)15-9-14(24)20(27)19(25)18(15)17/h5-10,16,27H,4H2,1-3H3,(H,29,30)/t10-,16?/m0/s1. The first-order valence-electron chi connectivity index (χ1n) is 9.35. The van der Waals surface area contributed by atoms with Crippen LogP contribution in [0.5, 0.6) is 5.75 Å². The van der Waals surface area contributed by atoms with E-state index in [1.165, 1.54) is 19.1 Å². The number of phenols is 1. The zero-order valence-corrected chi connectivity index (χ0v) is 16.5. The Kier molecular flexibility index (Phi) is 5.61. The third-order valence-electron chi connectivity index (χ3n) is 5.47. The molecule has 2 N–H and O–H groups in total. The van der Waals surface area contributed by atoms with Crippen molar-refractivity contribution in [3.05, 3.63) is 64.6 Å². The Morgan fingerprint density at radius 3 is 2.40 bits per heavy atom. The van der Waals surface area contributed by atoms with Gasteiger partial charge in [0.15, 0.2) is 17.4 Å². The molecule has 158 valence electrons. The molecule has 1 heterocycles. The number of carbonyl (C=O) groups is 2. The van der Waals surface area contributed by atoms with Crippen LogP contribution in [-0.4, -0.2) is 26.7 Å². The van der Waals surface area contributed by atoms with E-state index in [1.807, 2.05) is 0 Å². The number of hydrogen-bond donors (Lipinski definition) is 2. The van der Waals surface area contributed by atoms with Crippen molar-refractivity contribution < 1.29 is 33.0 Å². The number of hydrogen-bond acceptors (Lipinski definition) is 3. The molecule has 5 nitrogen and oxygen atoms in total. The largest absolute Gasteiger partial charge is 0.503 e. The van der Waals surface area contributed by atoms with Gasteiger partial charge in [-0.15, -0.1) is 0 Å². The highest BCUT2D eigenvalue weighted by Crippen LogP contribution is 2.41. The van der Waals surface area contributed by atoms with Crippen molar-refractivity contribution in [3.63, 3.8) is 0 Å². The minimum absolute atomic E-state index is 0.0237. The van der Waals surface area contributed by atoms with Gasteiger partial charge >= 0.3 is 5.97 Å². The minimum atomic E-state index is -1.34. The first kappa shape index (κ1) is 21.4. The van der Waals surface area contributed by atoms with Crippen LogP contribution in [0.25, 0.3) is 10.9 Å². The van der Waals surface area contributed by atoms with E-state index in [4.69, 9.17) is 0 Å². The fourth-order valence-electron chi connectivity index (χ4n) is 3.79. The van der Waals surface area contributed by atoms with Crippen molar-refractivity contribution >= 4 is 22.8 Å². The van der Waals surface area contributed by atoms with Crippen molar-refractivity contribution in [3.8, 4) is 5.75 Å². The summed E-state index contributed by atoms with van der Waals surface area (Å²) in [5, 5.41) is 19.3. The van der Waals surface area contributed by atoms with E-state index < -0.39 is 46.9 Å². The van der Waals surface area contributed by atoms with Crippen molar-refractivity contribution in [2.24, 2.45) is 5.92 Å². The fraction of sp³-hybridized carbons (Fsp3) is 0.273. The van der Waals surface area contributed by atoms with Gasteiger partial charge in [0.05, 0.1) is 11.4 Å². The molecule has 0 bridgehead atoms. The summed E-state index contributed by atoms with van der Waals surface area (Å²) in [7, 11) is 0. The maximum atomic E-state index is 15.0. The summed E-state index contributed by atoms with van der Waals surface area (Å²) in [4.78, 5) is 25.2. The zero-order chi connectivity index (χ0) is 22.3. The van der Waals surface area contributed by atoms with Gasteiger partial charge in [-0.05, 0) is 36.6 Å². The Balaban J connectivity index is 2.44. The number of rotatable bonds is 5. The number of aromatic hydroxyl groups is 1. The van der Waals surface area contributed by atoms with Gasteiger partial charge in [-0.2, -0.15) is 0 Å². The molecule has 0 aliphatic heterocycles. The normalized spacial score (nSPS) is 13.4. The topological polar surface area (TPSA) is 79.5 Å². The van der Waals surface area contributed by atoms with Crippen LogP contribution in [0.15, 0.2) is 30.3 Å². The average molecular weight is 419 g/mol. The molecular weight excluding hydrogens is 399 g/mol. The van der Waals surface area contributed by atoms with Crippen LogP contribution in [0, 0.1) is 30.3 Å². The van der Waals surface area contributed by atoms with E-state index >= 15 is 0 Å².